The van der Waals surface area contributed by atoms with Crippen LogP contribution in [0.25, 0.3) is 0 Å². The second-order valence-electron chi connectivity index (χ2n) is 4.44. The van der Waals surface area contributed by atoms with Gasteiger partial charge in [-0.2, -0.15) is 0 Å². The Kier molecular flexibility index (Phi) is 5.02. The highest BCUT2D eigenvalue weighted by Crippen LogP contribution is 2.15. The van der Waals surface area contributed by atoms with E-state index in [1.54, 1.807) is 0 Å². The van der Waals surface area contributed by atoms with Gasteiger partial charge in [0.2, 0.25) is 0 Å². The number of halogens is 1. The second kappa shape index (κ2) is 5.82. The van der Waals surface area contributed by atoms with Gasteiger partial charge in [0, 0.05) is 8.99 Å². The first kappa shape index (κ1) is 12.9. The molecule has 0 radical (unpaired) electrons. The molecule has 0 aliphatic heterocycles. The fourth-order valence-electron chi connectivity index (χ4n) is 1.07. The van der Waals surface area contributed by atoms with Crippen LogP contribution in [-0.2, 0) is 11.3 Å². The van der Waals surface area contributed by atoms with Gasteiger partial charge in [0.1, 0.15) is 0 Å². The van der Waals surface area contributed by atoms with Gasteiger partial charge in [-0.1, -0.05) is 26.0 Å². The van der Waals surface area contributed by atoms with Crippen molar-refractivity contribution >= 4 is 22.6 Å². The number of hydrogen-bond donors (Lipinski definition) is 1. The summed E-state index contributed by atoms with van der Waals surface area (Å²) in [5.41, 5.74) is 1.02. The van der Waals surface area contributed by atoms with Crippen molar-refractivity contribution in [3.8, 4) is 0 Å². The largest absolute Gasteiger partial charge is 0.396 e. The number of rotatable bonds is 5. The van der Waals surface area contributed by atoms with E-state index in [0.29, 0.717) is 13.2 Å². The molecule has 15 heavy (non-hydrogen) atoms. The van der Waals surface area contributed by atoms with Crippen LogP contribution in [0.1, 0.15) is 19.4 Å². The van der Waals surface area contributed by atoms with Crippen molar-refractivity contribution in [3.05, 3.63) is 33.4 Å². The summed E-state index contributed by atoms with van der Waals surface area (Å²) in [4.78, 5) is 0. The standard InChI is InChI=1S/C12H17IO2/c1-12(2,8-14)9-15-7-10-3-5-11(13)6-4-10/h3-6,14H,7-9H2,1-2H3. The molecule has 1 N–H and O–H groups in total. The molecule has 0 aliphatic rings. The zero-order valence-corrected chi connectivity index (χ0v) is 11.3. The summed E-state index contributed by atoms with van der Waals surface area (Å²) in [5, 5.41) is 9.05. The van der Waals surface area contributed by atoms with Gasteiger partial charge in [-0.05, 0) is 40.3 Å². The normalized spacial score (nSPS) is 11.7. The summed E-state index contributed by atoms with van der Waals surface area (Å²) in [6.07, 6.45) is 0. The molecule has 0 saturated carbocycles. The summed E-state index contributed by atoms with van der Waals surface area (Å²) in [6, 6.07) is 8.26. The highest BCUT2D eigenvalue weighted by atomic mass is 127. The minimum Gasteiger partial charge on any atom is -0.396 e. The molecule has 2 nitrogen and oxygen atoms in total. The lowest BCUT2D eigenvalue weighted by molar-refractivity contribution is 0.0198. The van der Waals surface area contributed by atoms with Crippen molar-refractivity contribution in [2.24, 2.45) is 5.41 Å². The Balaban J connectivity index is 2.35. The van der Waals surface area contributed by atoms with Crippen molar-refractivity contribution in [2.75, 3.05) is 13.2 Å². The van der Waals surface area contributed by atoms with E-state index >= 15 is 0 Å². The maximum Gasteiger partial charge on any atom is 0.0717 e. The van der Waals surface area contributed by atoms with Crippen LogP contribution in [0.5, 0.6) is 0 Å². The van der Waals surface area contributed by atoms with Crippen LogP contribution in [0.4, 0.5) is 0 Å². The molecule has 0 amide bonds. The Morgan fingerprint density at radius 3 is 2.40 bits per heavy atom. The lowest BCUT2D eigenvalue weighted by Crippen LogP contribution is -2.23. The van der Waals surface area contributed by atoms with E-state index in [4.69, 9.17) is 9.84 Å². The molecule has 3 heteroatoms. The van der Waals surface area contributed by atoms with Crippen molar-refractivity contribution in [1.29, 1.82) is 0 Å². The van der Waals surface area contributed by atoms with Crippen LogP contribution in [0.3, 0.4) is 0 Å². The lowest BCUT2D eigenvalue weighted by Gasteiger charge is -2.21. The summed E-state index contributed by atoms with van der Waals surface area (Å²) in [7, 11) is 0. The van der Waals surface area contributed by atoms with Crippen LogP contribution in [0, 0.1) is 8.99 Å². The smallest absolute Gasteiger partial charge is 0.0717 e. The van der Waals surface area contributed by atoms with E-state index in [0.717, 1.165) is 0 Å². The number of hydrogen-bond acceptors (Lipinski definition) is 2. The maximum atomic E-state index is 9.05. The third-order valence-corrected chi connectivity index (χ3v) is 2.82. The Morgan fingerprint density at radius 1 is 1.27 bits per heavy atom. The van der Waals surface area contributed by atoms with Crippen LogP contribution in [0.15, 0.2) is 24.3 Å². The van der Waals surface area contributed by atoms with E-state index in [1.807, 2.05) is 13.8 Å². The highest BCUT2D eigenvalue weighted by Gasteiger charge is 2.16. The molecular weight excluding hydrogens is 303 g/mol. The number of benzene rings is 1. The fraction of sp³-hybridized carbons (Fsp3) is 0.500. The topological polar surface area (TPSA) is 29.5 Å². The molecule has 0 bridgehead atoms. The molecule has 0 fully saturated rings. The van der Waals surface area contributed by atoms with Gasteiger partial charge in [0.05, 0.1) is 19.8 Å². The third-order valence-electron chi connectivity index (χ3n) is 2.10. The summed E-state index contributed by atoms with van der Waals surface area (Å²) >= 11 is 2.28. The van der Waals surface area contributed by atoms with Gasteiger partial charge >= 0.3 is 0 Å². The maximum absolute atomic E-state index is 9.05. The van der Waals surface area contributed by atoms with Crippen LogP contribution in [0.2, 0.25) is 0 Å². The molecule has 1 aromatic carbocycles. The SMILES string of the molecule is CC(C)(CO)COCc1ccc(I)cc1. The fourth-order valence-corrected chi connectivity index (χ4v) is 1.43. The van der Waals surface area contributed by atoms with Crippen LogP contribution >= 0.6 is 22.6 Å². The summed E-state index contributed by atoms with van der Waals surface area (Å²) in [6.45, 7) is 5.32. The van der Waals surface area contributed by atoms with Gasteiger partial charge in [-0.25, -0.2) is 0 Å². The molecule has 0 unspecified atom stereocenters. The molecule has 1 rings (SSSR count). The van der Waals surface area contributed by atoms with Crippen molar-refractivity contribution in [1.82, 2.24) is 0 Å². The summed E-state index contributed by atoms with van der Waals surface area (Å²) < 4.78 is 6.78. The van der Waals surface area contributed by atoms with Crippen molar-refractivity contribution in [3.63, 3.8) is 0 Å². The highest BCUT2D eigenvalue weighted by molar-refractivity contribution is 14.1. The monoisotopic (exact) mass is 320 g/mol. The van der Waals surface area contributed by atoms with Crippen LogP contribution < -0.4 is 0 Å². The van der Waals surface area contributed by atoms with Crippen molar-refractivity contribution in [2.45, 2.75) is 20.5 Å². The Bertz CT molecular complexity index is 293. The molecule has 0 spiro atoms. The first-order chi connectivity index (χ1) is 7.03. The Hall–Kier alpha value is -0.130. The molecule has 84 valence electrons. The van der Waals surface area contributed by atoms with Gasteiger partial charge in [-0.3, -0.25) is 0 Å². The average Bonchev–Trinajstić information content (AvgIpc) is 2.21. The number of aliphatic hydroxyl groups excluding tert-OH is 1. The van der Waals surface area contributed by atoms with Gasteiger partial charge in [-0.15, -0.1) is 0 Å². The molecule has 0 atom stereocenters. The first-order valence-corrected chi connectivity index (χ1v) is 6.04. The van der Waals surface area contributed by atoms with Gasteiger partial charge < -0.3 is 9.84 Å². The van der Waals surface area contributed by atoms with E-state index in [-0.39, 0.29) is 12.0 Å². The number of aliphatic hydroxyl groups is 1. The minimum atomic E-state index is -0.150. The molecule has 0 aromatic heterocycles. The minimum absolute atomic E-state index is 0.150. The predicted molar refractivity (Wildman–Crippen MR) is 69.7 cm³/mol. The molecule has 1 aromatic rings. The number of ether oxygens (including phenoxy) is 1. The molecule has 0 saturated heterocycles. The predicted octanol–water partition coefficient (Wildman–Crippen LogP) is 2.83. The summed E-state index contributed by atoms with van der Waals surface area (Å²) in [5.74, 6) is 0. The van der Waals surface area contributed by atoms with E-state index in [9.17, 15) is 0 Å². The Labute approximate surface area is 105 Å². The Morgan fingerprint density at radius 2 is 1.87 bits per heavy atom. The zero-order valence-electron chi connectivity index (χ0n) is 9.16. The molecule has 0 aliphatic carbocycles. The van der Waals surface area contributed by atoms with Gasteiger partial charge in [0.25, 0.3) is 0 Å². The first-order valence-electron chi connectivity index (χ1n) is 4.96. The van der Waals surface area contributed by atoms with E-state index in [1.165, 1.54) is 9.13 Å². The molecule has 0 heterocycles. The van der Waals surface area contributed by atoms with Gasteiger partial charge in [0.15, 0.2) is 0 Å². The van der Waals surface area contributed by atoms with Crippen LogP contribution in [-0.4, -0.2) is 18.3 Å². The second-order valence-corrected chi connectivity index (χ2v) is 5.69. The van der Waals surface area contributed by atoms with E-state index in [2.05, 4.69) is 46.9 Å². The van der Waals surface area contributed by atoms with Crippen molar-refractivity contribution < 1.29 is 9.84 Å². The lowest BCUT2D eigenvalue weighted by atomic mass is 9.97. The third kappa shape index (κ3) is 4.95. The average molecular weight is 320 g/mol. The quantitative estimate of drug-likeness (QED) is 0.846. The zero-order chi connectivity index (χ0) is 11.3. The molecular formula is C12H17IO2. The van der Waals surface area contributed by atoms with E-state index < -0.39 is 0 Å².